The number of hydrogen-bond acceptors (Lipinski definition) is 3. The maximum Gasteiger partial charge on any atom is 0.125 e. The number of nitrogen functional groups attached to an aromatic ring is 1. The predicted molar refractivity (Wildman–Crippen MR) is 69.7 cm³/mol. The lowest BCUT2D eigenvalue weighted by Gasteiger charge is -2.43. The fourth-order valence-corrected chi connectivity index (χ4v) is 2.39. The molecule has 0 aromatic heterocycles. The number of nitrogens with zero attached hydrogens (tertiary/aromatic N) is 2. The first-order valence-electron chi connectivity index (χ1n) is 6.01. The minimum absolute atomic E-state index is 0.228. The van der Waals surface area contributed by atoms with E-state index < -0.39 is 0 Å². The van der Waals surface area contributed by atoms with E-state index in [1.165, 1.54) is 12.1 Å². The predicted octanol–water partition coefficient (Wildman–Crippen LogP) is 1.94. The lowest BCUT2D eigenvalue weighted by atomic mass is 10.1. The van der Waals surface area contributed by atoms with Crippen LogP contribution in [0.4, 0.5) is 15.8 Å². The molecule has 1 heterocycles. The van der Waals surface area contributed by atoms with Crippen molar-refractivity contribution in [3.05, 3.63) is 24.0 Å². The first-order valence-corrected chi connectivity index (χ1v) is 6.01. The molecule has 2 atom stereocenters. The Balaban J connectivity index is 2.25. The molecular weight excluding hydrogens is 217 g/mol. The number of halogens is 1. The Bertz CT molecular complexity index is 396. The third-order valence-electron chi connectivity index (χ3n) is 3.69. The summed E-state index contributed by atoms with van der Waals surface area (Å²) in [4.78, 5) is 4.51. The van der Waals surface area contributed by atoms with Crippen molar-refractivity contribution in [1.29, 1.82) is 0 Å². The second kappa shape index (κ2) is 4.53. The van der Waals surface area contributed by atoms with Crippen molar-refractivity contribution in [2.24, 2.45) is 0 Å². The summed E-state index contributed by atoms with van der Waals surface area (Å²) in [6.07, 6.45) is 0. The normalized spacial score (nSPS) is 26.2. The molecule has 1 aliphatic rings. The van der Waals surface area contributed by atoms with Crippen molar-refractivity contribution < 1.29 is 4.39 Å². The van der Waals surface area contributed by atoms with Gasteiger partial charge in [0.05, 0.1) is 11.4 Å². The van der Waals surface area contributed by atoms with Gasteiger partial charge in [0, 0.05) is 25.2 Å². The highest BCUT2D eigenvalue weighted by Gasteiger charge is 2.27. The van der Waals surface area contributed by atoms with Crippen LogP contribution in [-0.2, 0) is 0 Å². The zero-order valence-electron chi connectivity index (χ0n) is 10.7. The lowest BCUT2D eigenvalue weighted by Crippen LogP contribution is -2.55. The fraction of sp³-hybridized carbons (Fsp3) is 0.538. The molecule has 2 N–H and O–H groups in total. The van der Waals surface area contributed by atoms with Gasteiger partial charge in [-0.2, -0.15) is 0 Å². The summed E-state index contributed by atoms with van der Waals surface area (Å²) in [6, 6.07) is 5.46. The molecule has 0 bridgehead atoms. The number of nitrogens with two attached hydrogens (primary N) is 1. The van der Waals surface area contributed by atoms with Crippen LogP contribution in [0.5, 0.6) is 0 Å². The van der Waals surface area contributed by atoms with Crippen LogP contribution in [0.15, 0.2) is 18.2 Å². The van der Waals surface area contributed by atoms with Crippen LogP contribution in [0.2, 0.25) is 0 Å². The molecule has 1 aromatic rings. The average Bonchev–Trinajstić information content (AvgIpc) is 2.28. The van der Waals surface area contributed by atoms with Gasteiger partial charge < -0.3 is 10.6 Å². The molecule has 0 unspecified atom stereocenters. The zero-order chi connectivity index (χ0) is 12.6. The van der Waals surface area contributed by atoms with Gasteiger partial charge in [-0.15, -0.1) is 0 Å². The average molecular weight is 237 g/mol. The summed E-state index contributed by atoms with van der Waals surface area (Å²) in [5.41, 5.74) is 7.39. The SMILES string of the molecule is C[C@@H]1CN(c2cc(F)ccc2N)C[C@H](C)N1C. The zero-order valence-corrected chi connectivity index (χ0v) is 10.7. The van der Waals surface area contributed by atoms with Crippen molar-refractivity contribution >= 4 is 11.4 Å². The minimum atomic E-state index is -0.228. The Labute approximate surface area is 102 Å². The van der Waals surface area contributed by atoms with Crippen molar-refractivity contribution in [3.8, 4) is 0 Å². The summed E-state index contributed by atoms with van der Waals surface area (Å²) in [5, 5.41) is 0. The molecule has 1 saturated heterocycles. The molecule has 1 aliphatic heterocycles. The number of hydrogen-bond donors (Lipinski definition) is 1. The highest BCUT2D eigenvalue weighted by atomic mass is 19.1. The summed E-state index contributed by atoms with van der Waals surface area (Å²) in [6.45, 7) is 6.12. The Morgan fingerprint density at radius 1 is 1.24 bits per heavy atom. The van der Waals surface area contributed by atoms with E-state index in [0.29, 0.717) is 17.8 Å². The van der Waals surface area contributed by atoms with E-state index >= 15 is 0 Å². The molecule has 3 nitrogen and oxygen atoms in total. The maximum absolute atomic E-state index is 13.3. The van der Waals surface area contributed by atoms with Crippen LogP contribution < -0.4 is 10.6 Å². The van der Waals surface area contributed by atoms with Crippen molar-refractivity contribution in [3.63, 3.8) is 0 Å². The largest absolute Gasteiger partial charge is 0.397 e. The summed E-state index contributed by atoms with van der Waals surface area (Å²) < 4.78 is 13.3. The monoisotopic (exact) mass is 237 g/mol. The van der Waals surface area contributed by atoms with E-state index in [-0.39, 0.29) is 5.82 Å². The number of benzene rings is 1. The third-order valence-corrected chi connectivity index (χ3v) is 3.69. The number of anilines is 2. The smallest absolute Gasteiger partial charge is 0.125 e. The van der Waals surface area contributed by atoms with Crippen LogP contribution in [0.25, 0.3) is 0 Å². The van der Waals surface area contributed by atoms with Crippen LogP contribution >= 0.6 is 0 Å². The molecule has 0 amide bonds. The van der Waals surface area contributed by atoms with Gasteiger partial charge in [-0.1, -0.05) is 0 Å². The molecule has 2 rings (SSSR count). The van der Waals surface area contributed by atoms with Gasteiger partial charge >= 0.3 is 0 Å². The standard InChI is InChI=1S/C13H20FN3/c1-9-7-17(8-10(2)16(9)3)13-6-11(14)4-5-12(13)15/h4-6,9-10H,7-8,15H2,1-3H3/t9-,10+. The van der Waals surface area contributed by atoms with Gasteiger partial charge in [0.1, 0.15) is 5.82 Å². The van der Waals surface area contributed by atoms with E-state index in [4.69, 9.17) is 5.73 Å². The van der Waals surface area contributed by atoms with Gasteiger partial charge in [0.2, 0.25) is 0 Å². The summed E-state index contributed by atoms with van der Waals surface area (Å²) >= 11 is 0. The molecule has 0 saturated carbocycles. The number of likely N-dealkylation sites (N-methyl/N-ethyl adjacent to an activating group) is 1. The van der Waals surface area contributed by atoms with E-state index in [9.17, 15) is 4.39 Å². The quantitative estimate of drug-likeness (QED) is 0.758. The molecule has 0 spiro atoms. The van der Waals surface area contributed by atoms with Crippen molar-refractivity contribution in [1.82, 2.24) is 4.90 Å². The second-order valence-corrected chi connectivity index (χ2v) is 4.97. The van der Waals surface area contributed by atoms with Gasteiger partial charge in [0.15, 0.2) is 0 Å². The van der Waals surface area contributed by atoms with Crippen molar-refractivity contribution in [2.45, 2.75) is 25.9 Å². The Morgan fingerprint density at radius 2 is 1.82 bits per heavy atom. The van der Waals surface area contributed by atoms with E-state index in [0.717, 1.165) is 18.8 Å². The highest BCUT2D eigenvalue weighted by molar-refractivity contribution is 5.67. The summed E-state index contributed by atoms with van der Waals surface area (Å²) in [5.74, 6) is -0.228. The molecule has 0 radical (unpaired) electrons. The van der Waals surface area contributed by atoms with Crippen molar-refractivity contribution in [2.75, 3.05) is 30.8 Å². The first kappa shape index (κ1) is 12.2. The topological polar surface area (TPSA) is 32.5 Å². The number of rotatable bonds is 1. The van der Waals surface area contributed by atoms with Crippen LogP contribution in [-0.4, -0.2) is 37.1 Å². The molecule has 17 heavy (non-hydrogen) atoms. The second-order valence-electron chi connectivity index (χ2n) is 4.97. The molecule has 4 heteroatoms. The molecule has 1 fully saturated rings. The Morgan fingerprint density at radius 3 is 2.41 bits per heavy atom. The number of piperazine rings is 1. The summed E-state index contributed by atoms with van der Waals surface area (Å²) in [7, 11) is 2.13. The van der Waals surface area contributed by atoms with Gasteiger partial charge in [-0.3, -0.25) is 4.90 Å². The first-order chi connectivity index (χ1) is 7.99. The molecule has 1 aromatic carbocycles. The van der Waals surface area contributed by atoms with Gasteiger partial charge in [-0.05, 0) is 39.1 Å². The van der Waals surface area contributed by atoms with E-state index in [1.807, 2.05) is 0 Å². The lowest BCUT2D eigenvalue weighted by molar-refractivity contribution is 0.170. The van der Waals surface area contributed by atoms with E-state index in [2.05, 4.69) is 30.7 Å². The van der Waals surface area contributed by atoms with E-state index in [1.54, 1.807) is 6.07 Å². The Hall–Kier alpha value is -1.29. The minimum Gasteiger partial charge on any atom is -0.397 e. The van der Waals surface area contributed by atoms with Crippen LogP contribution in [0.3, 0.4) is 0 Å². The molecule has 0 aliphatic carbocycles. The van der Waals surface area contributed by atoms with Gasteiger partial charge in [0.25, 0.3) is 0 Å². The molecular formula is C13H20FN3. The third kappa shape index (κ3) is 2.36. The Kier molecular flexibility index (Phi) is 3.24. The molecule has 94 valence electrons. The van der Waals surface area contributed by atoms with Crippen LogP contribution in [0, 0.1) is 5.82 Å². The maximum atomic E-state index is 13.3. The van der Waals surface area contributed by atoms with Gasteiger partial charge in [-0.25, -0.2) is 4.39 Å². The highest BCUT2D eigenvalue weighted by Crippen LogP contribution is 2.27. The fourth-order valence-electron chi connectivity index (χ4n) is 2.39. The van der Waals surface area contributed by atoms with Crippen LogP contribution in [0.1, 0.15) is 13.8 Å².